The van der Waals surface area contributed by atoms with Crippen LogP contribution in [0.1, 0.15) is 39.7 Å². The molecule has 0 fully saturated rings. The smallest absolute Gasteiger partial charge is 0.264 e. The maximum Gasteiger partial charge on any atom is 0.264 e. The highest BCUT2D eigenvalue weighted by Gasteiger charge is 2.33. The van der Waals surface area contributed by atoms with Crippen LogP contribution in [0.4, 0.5) is 5.69 Å². The third kappa shape index (κ3) is 8.15. The van der Waals surface area contributed by atoms with Crippen molar-refractivity contribution in [1.29, 1.82) is 0 Å². The van der Waals surface area contributed by atoms with Crippen LogP contribution in [-0.2, 0) is 26.2 Å². The number of nitrogens with zero attached hydrogens (tertiary/aromatic N) is 2. The van der Waals surface area contributed by atoms with E-state index in [1.54, 1.807) is 67.6 Å². The summed E-state index contributed by atoms with van der Waals surface area (Å²) in [5.74, 6) is -0.430. The molecule has 3 aromatic carbocycles. The minimum atomic E-state index is -4.17. The van der Waals surface area contributed by atoms with Gasteiger partial charge in [-0.05, 0) is 75.7 Å². The molecule has 2 amide bonds. The number of nitrogens with one attached hydrogen (secondary N) is 1. The molecule has 0 unspecified atom stereocenters. The van der Waals surface area contributed by atoms with E-state index in [-0.39, 0.29) is 29.1 Å². The molecule has 0 aliphatic carbocycles. The van der Waals surface area contributed by atoms with Gasteiger partial charge in [0.15, 0.2) is 0 Å². The zero-order valence-electron chi connectivity index (χ0n) is 23.5. The van der Waals surface area contributed by atoms with Crippen LogP contribution in [0, 0.1) is 0 Å². The van der Waals surface area contributed by atoms with Crippen LogP contribution in [0.3, 0.4) is 0 Å². The Hall–Kier alpha value is -3.27. The molecule has 0 saturated heterocycles. The predicted octanol–water partition coefficient (Wildman–Crippen LogP) is 5.92. The first-order valence-corrected chi connectivity index (χ1v) is 15.5. The molecular weight excluding hydrogens is 585 g/mol. The first-order chi connectivity index (χ1) is 19.5. The fourth-order valence-electron chi connectivity index (χ4n) is 4.03. The van der Waals surface area contributed by atoms with Crippen molar-refractivity contribution < 1.29 is 22.7 Å². The topological polar surface area (TPSA) is 96.0 Å². The second-order valence-corrected chi connectivity index (χ2v) is 12.1. The van der Waals surface area contributed by atoms with Gasteiger partial charge in [-0.25, -0.2) is 8.42 Å². The van der Waals surface area contributed by atoms with E-state index in [9.17, 15) is 18.0 Å². The Balaban J connectivity index is 2.05. The van der Waals surface area contributed by atoms with Crippen molar-refractivity contribution in [3.8, 4) is 5.75 Å². The van der Waals surface area contributed by atoms with Crippen LogP contribution in [-0.4, -0.2) is 50.4 Å². The van der Waals surface area contributed by atoms with Crippen LogP contribution in [0.25, 0.3) is 0 Å². The highest BCUT2D eigenvalue weighted by Crippen LogP contribution is 2.29. The summed E-state index contributed by atoms with van der Waals surface area (Å²) in [7, 11) is -4.17. The third-order valence-electron chi connectivity index (χ3n) is 6.60. The molecule has 3 aromatic rings. The van der Waals surface area contributed by atoms with E-state index in [2.05, 4.69) is 5.32 Å². The van der Waals surface area contributed by atoms with Gasteiger partial charge in [-0.15, -0.1) is 0 Å². The van der Waals surface area contributed by atoms with Crippen LogP contribution < -0.4 is 14.4 Å². The molecule has 41 heavy (non-hydrogen) atoms. The number of anilines is 1. The van der Waals surface area contributed by atoms with Crippen LogP contribution >= 0.6 is 23.2 Å². The van der Waals surface area contributed by atoms with Crippen molar-refractivity contribution in [2.24, 2.45) is 0 Å². The van der Waals surface area contributed by atoms with E-state index in [0.29, 0.717) is 34.4 Å². The zero-order valence-corrected chi connectivity index (χ0v) is 25.8. The maximum atomic E-state index is 14.0. The Kier molecular flexibility index (Phi) is 11.5. The number of sulfonamides is 1. The van der Waals surface area contributed by atoms with Crippen molar-refractivity contribution in [3.63, 3.8) is 0 Å². The summed E-state index contributed by atoms with van der Waals surface area (Å²) in [6.45, 7) is 7.00. The molecule has 3 rings (SSSR count). The van der Waals surface area contributed by atoms with Crippen LogP contribution in [0.5, 0.6) is 5.75 Å². The SMILES string of the molecule is CCOc1ccc(N(CC(=O)N(Cc2c(Cl)cccc2Cl)[C@@H](C)C(=O)N[C@@H](C)CC)S(=O)(=O)c2ccccc2)cc1. The van der Waals surface area contributed by atoms with Gasteiger partial charge in [-0.1, -0.05) is 54.4 Å². The zero-order chi connectivity index (χ0) is 30.2. The highest BCUT2D eigenvalue weighted by molar-refractivity contribution is 7.92. The fourth-order valence-corrected chi connectivity index (χ4v) is 5.98. The Labute approximate surface area is 252 Å². The first kappa shape index (κ1) is 32.2. The standard InChI is InChI=1S/C30H35Cl2N3O5S/c1-5-21(3)33-30(37)22(4)34(19-26-27(31)13-10-14-28(26)32)29(36)20-35(23-15-17-24(18-16-23)40-6-2)41(38,39)25-11-8-7-9-12-25/h7-18,21-22H,5-6,19-20H2,1-4H3,(H,33,37)/t21-,22-/m0/s1. The molecule has 0 radical (unpaired) electrons. The summed E-state index contributed by atoms with van der Waals surface area (Å²) in [6, 6.07) is 18.2. The number of carbonyl (C=O) groups is 2. The molecule has 0 saturated carbocycles. The number of halogens is 2. The molecule has 0 aliphatic heterocycles. The lowest BCUT2D eigenvalue weighted by Gasteiger charge is -2.33. The molecule has 0 bridgehead atoms. The van der Waals surface area contributed by atoms with Crippen molar-refractivity contribution >= 4 is 50.7 Å². The summed E-state index contributed by atoms with van der Waals surface area (Å²) < 4.78 is 34.3. The van der Waals surface area contributed by atoms with E-state index in [1.807, 2.05) is 20.8 Å². The number of ether oxygens (including phenoxy) is 1. The lowest BCUT2D eigenvalue weighted by atomic mass is 10.1. The maximum absolute atomic E-state index is 14.0. The molecular formula is C30H35Cl2N3O5S. The van der Waals surface area contributed by atoms with E-state index >= 15 is 0 Å². The molecule has 220 valence electrons. The lowest BCUT2D eigenvalue weighted by Crippen LogP contribution is -2.52. The Morgan fingerprint density at radius 3 is 2.07 bits per heavy atom. The lowest BCUT2D eigenvalue weighted by molar-refractivity contribution is -0.139. The van der Waals surface area contributed by atoms with Crippen molar-refractivity contribution in [2.45, 2.75) is 57.6 Å². The number of carbonyl (C=O) groups excluding carboxylic acids is 2. The Morgan fingerprint density at radius 1 is 0.902 bits per heavy atom. The van der Waals surface area contributed by atoms with Gasteiger partial charge in [-0.3, -0.25) is 13.9 Å². The quantitative estimate of drug-likeness (QED) is 0.256. The minimum absolute atomic E-state index is 0.0185. The van der Waals surface area contributed by atoms with Gasteiger partial charge in [0.25, 0.3) is 10.0 Å². The number of amides is 2. The van der Waals surface area contributed by atoms with Gasteiger partial charge in [0.2, 0.25) is 11.8 Å². The third-order valence-corrected chi connectivity index (χ3v) is 9.10. The number of hydrogen-bond acceptors (Lipinski definition) is 5. The van der Waals surface area contributed by atoms with Crippen molar-refractivity contribution in [2.75, 3.05) is 17.5 Å². The normalized spacial score (nSPS) is 12.7. The minimum Gasteiger partial charge on any atom is -0.494 e. The van der Waals surface area contributed by atoms with E-state index in [1.165, 1.54) is 17.0 Å². The largest absolute Gasteiger partial charge is 0.494 e. The van der Waals surface area contributed by atoms with Gasteiger partial charge in [0, 0.05) is 28.2 Å². The average Bonchev–Trinajstić information content (AvgIpc) is 2.96. The van der Waals surface area contributed by atoms with Crippen molar-refractivity contribution in [3.05, 3.63) is 88.4 Å². The monoisotopic (exact) mass is 619 g/mol. The van der Waals surface area contributed by atoms with Gasteiger partial charge in [-0.2, -0.15) is 0 Å². The summed E-state index contributed by atoms with van der Waals surface area (Å²) in [5.41, 5.74) is 0.712. The summed E-state index contributed by atoms with van der Waals surface area (Å²) in [4.78, 5) is 28.5. The van der Waals surface area contributed by atoms with Crippen LogP contribution in [0.15, 0.2) is 77.7 Å². The van der Waals surface area contributed by atoms with E-state index in [4.69, 9.17) is 27.9 Å². The van der Waals surface area contributed by atoms with Crippen molar-refractivity contribution in [1.82, 2.24) is 10.2 Å². The molecule has 11 heteroatoms. The van der Waals surface area contributed by atoms with Gasteiger partial charge in [0.1, 0.15) is 18.3 Å². The Bertz CT molecular complexity index is 1420. The molecule has 1 N–H and O–H groups in total. The number of benzene rings is 3. The first-order valence-electron chi connectivity index (χ1n) is 13.3. The summed E-state index contributed by atoms with van der Waals surface area (Å²) >= 11 is 12.8. The second-order valence-electron chi connectivity index (χ2n) is 9.47. The summed E-state index contributed by atoms with van der Waals surface area (Å²) in [6.07, 6.45) is 0.698. The molecule has 0 aromatic heterocycles. The molecule has 2 atom stereocenters. The van der Waals surface area contributed by atoms with E-state index in [0.717, 1.165) is 4.31 Å². The highest BCUT2D eigenvalue weighted by atomic mass is 35.5. The van der Waals surface area contributed by atoms with E-state index < -0.39 is 28.5 Å². The predicted molar refractivity (Wildman–Crippen MR) is 163 cm³/mol. The molecule has 0 heterocycles. The fraction of sp³-hybridized carbons (Fsp3) is 0.333. The van der Waals surface area contributed by atoms with Gasteiger partial charge in [0.05, 0.1) is 17.2 Å². The molecule has 0 aliphatic rings. The Morgan fingerprint density at radius 2 is 1.51 bits per heavy atom. The van der Waals surface area contributed by atoms with Crippen LogP contribution in [0.2, 0.25) is 10.0 Å². The van der Waals surface area contributed by atoms with Gasteiger partial charge >= 0.3 is 0 Å². The average molecular weight is 621 g/mol. The summed E-state index contributed by atoms with van der Waals surface area (Å²) in [5, 5.41) is 3.54. The number of rotatable bonds is 13. The molecule has 8 nitrogen and oxygen atoms in total. The van der Waals surface area contributed by atoms with Gasteiger partial charge < -0.3 is 15.0 Å². The molecule has 0 spiro atoms. The second kappa shape index (κ2) is 14.6. The number of hydrogen-bond donors (Lipinski definition) is 1.